The van der Waals surface area contributed by atoms with Crippen molar-refractivity contribution >= 4 is 27.5 Å². The summed E-state index contributed by atoms with van der Waals surface area (Å²) < 4.78 is 19.5. The number of rotatable bonds is 3. The fourth-order valence-corrected chi connectivity index (χ4v) is 2.41. The van der Waals surface area contributed by atoms with Crippen LogP contribution in [0.2, 0.25) is 5.02 Å². The SMILES string of the molecule is Fc1cc(Cl)cc(Br)c1OCC1CCC1. The minimum atomic E-state index is -0.409. The minimum absolute atomic E-state index is 0.270. The highest BCUT2D eigenvalue weighted by Crippen LogP contribution is 2.33. The van der Waals surface area contributed by atoms with Crippen LogP contribution in [0.5, 0.6) is 5.75 Å². The van der Waals surface area contributed by atoms with Crippen molar-refractivity contribution in [1.82, 2.24) is 0 Å². The molecule has 0 aliphatic heterocycles. The molecular weight excluding hydrogens is 282 g/mol. The summed E-state index contributed by atoms with van der Waals surface area (Å²) >= 11 is 8.94. The van der Waals surface area contributed by atoms with Crippen LogP contribution >= 0.6 is 27.5 Å². The summed E-state index contributed by atoms with van der Waals surface area (Å²) in [7, 11) is 0. The number of ether oxygens (including phenoxy) is 1. The molecule has 15 heavy (non-hydrogen) atoms. The average molecular weight is 294 g/mol. The zero-order valence-electron chi connectivity index (χ0n) is 8.10. The van der Waals surface area contributed by atoms with Gasteiger partial charge in [0, 0.05) is 5.02 Å². The smallest absolute Gasteiger partial charge is 0.169 e. The summed E-state index contributed by atoms with van der Waals surface area (Å²) in [5.74, 6) is 0.451. The third kappa shape index (κ3) is 2.64. The van der Waals surface area contributed by atoms with Crippen LogP contribution in [0.15, 0.2) is 16.6 Å². The van der Waals surface area contributed by atoms with E-state index in [9.17, 15) is 4.39 Å². The molecule has 0 radical (unpaired) electrons. The molecule has 1 aromatic carbocycles. The third-order valence-electron chi connectivity index (χ3n) is 2.65. The summed E-state index contributed by atoms with van der Waals surface area (Å²) in [6.45, 7) is 0.594. The van der Waals surface area contributed by atoms with Gasteiger partial charge >= 0.3 is 0 Å². The Morgan fingerprint density at radius 2 is 2.20 bits per heavy atom. The predicted molar refractivity (Wildman–Crippen MR) is 61.9 cm³/mol. The second-order valence-corrected chi connectivity index (χ2v) is 5.10. The first-order valence-electron chi connectivity index (χ1n) is 4.94. The molecule has 1 saturated carbocycles. The van der Waals surface area contributed by atoms with Gasteiger partial charge in [-0.15, -0.1) is 0 Å². The first kappa shape index (κ1) is 11.2. The Morgan fingerprint density at radius 3 is 2.73 bits per heavy atom. The van der Waals surface area contributed by atoms with Gasteiger partial charge < -0.3 is 4.74 Å². The van der Waals surface area contributed by atoms with Gasteiger partial charge in [-0.2, -0.15) is 0 Å². The van der Waals surface area contributed by atoms with Crippen molar-refractivity contribution in [3.05, 3.63) is 27.4 Å². The van der Waals surface area contributed by atoms with Crippen molar-refractivity contribution in [1.29, 1.82) is 0 Å². The lowest BCUT2D eigenvalue weighted by molar-refractivity contribution is 0.174. The van der Waals surface area contributed by atoms with Crippen molar-refractivity contribution in [3.63, 3.8) is 0 Å². The molecule has 82 valence electrons. The molecule has 0 aromatic heterocycles. The lowest BCUT2D eigenvalue weighted by Gasteiger charge is -2.25. The summed E-state index contributed by atoms with van der Waals surface area (Å²) in [6.07, 6.45) is 3.64. The summed E-state index contributed by atoms with van der Waals surface area (Å²) in [5, 5.41) is 0.371. The Kier molecular flexibility index (Phi) is 3.52. The molecular formula is C11H11BrClFO. The highest BCUT2D eigenvalue weighted by atomic mass is 79.9. The molecule has 2 rings (SSSR count). The van der Waals surface area contributed by atoms with E-state index in [0.29, 0.717) is 22.0 Å². The quantitative estimate of drug-likeness (QED) is 0.801. The molecule has 0 unspecified atom stereocenters. The highest BCUT2D eigenvalue weighted by Gasteiger charge is 2.19. The number of benzene rings is 1. The van der Waals surface area contributed by atoms with Crippen LogP contribution < -0.4 is 4.74 Å². The predicted octanol–water partition coefficient (Wildman–Crippen LogP) is 4.42. The van der Waals surface area contributed by atoms with E-state index < -0.39 is 5.82 Å². The minimum Gasteiger partial charge on any atom is -0.489 e. The zero-order valence-corrected chi connectivity index (χ0v) is 10.4. The lowest BCUT2D eigenvalue weighted by atomic mass is 9.86. The van der Waals surface area contributed by atoms with Gasteiger partial charge in [0.2, 0.25) is 0 Å². The second kappa shape index (κ2) is 4.71. The van der Waals surface area contributed by atoms with Crippen LogP contribution in [0.3, 0.4) is 0 Å². The molecule has 0 N–H and O–H groups in total. The summed E-state index contributed by atoms with van der Waals surface area (Å²) in [4.78, 5) is 0. The van der Waals surface area contributed by atoms with Gasteiger partial charge in [-0.05, 0) is 46.8 Å². The molecule has 0 heterocycles. The summed E-state index contributed by atoms with van der Waals surface area (Å²) in [5.41, 5.74) is 0. The third-order valence-corrected chi connectivity index (χ3v) is 3.46. The molecule has 1 aromatic rings. The van der Waals surface area contributed by atoms with Crippen molar-refractivity contribution in [2.75, 3.05) is 6.61 Å². The van der Waals surface area contributed by atoms with Crippen molar-refractivity contribution < 1.29 is 9.13 Å². The standard InChI is InChI=1S/C11H11BrClFO/c12-9-4-8(13)5-10(14)11(9)15-6-7-2-1-3-7/h4-5,7H,1-3,6H2. The Labute approximate surface area is 102 Å². The molecule has 1 fully saturated rings. The van der Waals surface area contributed by atoms with Crippen LogP contribution in [0.25, 0.3) is 0 Å². The topological polar surface area (TPSA) is 9.23 Å². The van der Waals surface area contributed by atoms with Crippen molar-refractivity contribution in [2.45, 2.75) is 19.3 Å². The lowest BCUT2D eigenvalue weighted by Crippen LogP contribution is -2.19. The molecule has 4 heteroatoms. The maximum absolute atomic E-state index is 13.4. The van der Waals surface area contributed by atoms with Crippen LogP contribution in [0.4, 0.5) is 4.39 Å². The summed E-state index contributed by atoms with van der Waals surface area (Å²) in [6, 6.07) is 2.91. The monoisotopic (exact) mass is 292 g/mol. The average Bonchev–Trinajstić information content (AvgIpc) is 2.06. The number of hydrogen-bond donors (Lipinski definition) is 0. The van der Waals surface area contributed by atoms with E-state index in [-0.39, 0.29) is 5.75 Å². The van der Waals surface area contributed by atoms with E-state index in [2.05, 4.69) is 15.9 Å². The molecule has 0 saturated heterocycles. The zero-order chi connectivity index (χ0) is 10.8. The van der Waals surface area contributed by atoms with Gasteiger partial charge in [0.25, 0.3) is 0 Å². The van der Waals surface area contributed by atoms with E-state index in [1.165, 1.54) is 25.3 Å². The van der Waals surface area contributed by atoms with E-state index in [4.69, 9.17) is 16.3 Å². The van der Waals surface area contributed by atoms with Crippen LogP contribution in [-0.4, -0.2) is 6.61 Å². The molecule has 1 aliphatic rings. The Morgan fingerprint density at radius 1 is 1.47 bits per heavy atom. The molecule has 1 nitrogen and oxygen atoms in total. The fraction of sp³-hybridized carbons (Fsp3) is 0.455. The van der Waals surface area contributed by atoms with Gasteiger partial charge in [-0.1, -0.05) is 18.0 Å². The first-order valence-corrected chi connectivity index (χ1v) is 6.11. The molecule has 0 atom stereocenters. The largest absolute Gasteiger partial charge is 0.489 e. The maximum atomic E-state index is 13.4. The Hall–Kier alpha value is -0.280. The molecule has 0 spiro atoms. The van der Waals surface area contributed by atoms with Crippen LogP contribution in [0, 0.1) is 11.7 Å². The van der Waals surface area contributed by atoms with E-state index in [1.807, 2.05) is 0 Å². The Balaban J connectivity index is 2.05. The molecule has 0 bridgehead atoms. The van der Waals surface area contributed by atoms with Gasteiger partial charge in [0.05, 0.1) is 11.1 Å². The van der Waals surface area contributed by atoms with Crippen molar-refractivity contribution in [2.24, 2.45) is 5.92 Å². The second-order valence-electron chi connectivity index (χ2n) is 3.81. The van der Waals surface area contributed by atoms with Crippen LogP contribution in [0.1, 0.15) is 19.3 Å². The van der Waals surface area contributed by atoms with E-state index >= 15 is 0 Å². The van der Waals surface area contributed by atoms with Gasteiger partial charge in [-0.25, -0.2) is 4.39 Å². The maximum Gasteiger partial charge on any atom is 0.169 e. The number of hydrogen-bond acceptors (Lipinski definition) is 1. The van der Waals surface area contributed by atoms with Crippen molar-refractivity contribution in [3.8, 4) is 5.75 Å². The highest BCUT2D eigenvalue weighted by molar-refractivity contribution is 9.10. The number of halogens is 3. The molecule has 1 aliphatic carbocycles. The first-order chi connectivity index (χ1) is 7.16. The van der Waals surface area contributed by atoms with Gasteiger partial charge in [0.15, 0.2) is 11.6 Å². The van der Waals surface area contributed by atoms with E-state index in [0.717, 1.165) is 0 Å². The fourth-order valence-electron chi connectivity index (χ4n) is 1.53. The molecule has 0 amide bonds. The normalized spacial score (nSPS) is 16.2. The van der Waals surface area contributed by atoms with Gasteiger partial charge in [-0.3, -0.25) is 0 Å². The Bertz CT molecular complexity index is 343. The van der Waals surface area contributed by atoms with E-state index in [1.54, 1.807) is 6.07 Å². The van der Waals surface area contributed by atoms with Gasteiger partial charge in [0.1, 0.15) is 0 Å². The van der Waals surface area contributed by atoms with Crippen LogP contribution in [-0.2, 0) is 0 Å².